The van der Waals surface area contributed by atoms with Crippen LogP contribution in [0.2, 0.25) is 0 Å². The molecule has 0 saturated heterocycles. The van der Waals surface area contributed by atoms with E-state index in [1.54, 1.807) is 25.4 Å². The van der Waals surface area contributed by atoms with Gasteiger partial charge in [-0.05, 0) is 40.8 Å². The third kappa shape index (κ3) is 1.50. The summed E-state index contributed by atoms with van der Waals surface area (Å²) in [5.41, 5.74) is -0.0666. The fourth-order valence-corrected chi connectivity index (χ4v) is 1.93. The van der Waals surface area contributed by atoms with Gasteiger partial charge in [0.25, 0.3) is 5.56 Å². The van der Waals surface area contributed by atoms with Gasteiger partial charge in [0, 0.05) is 20.5 Å². The van der Waals surface area contributed by atoms with Gasteiger partial charge in [-0.1, -0.05) is 0 Å². The maximum absolute atomic E-state index is 11.4. The van der Waals surface area contributed by atoms with E-state index in [1.807, 2.05) is 6.07 Å². The molecule has 0 amide bonds. The highest BCUT2D eigenvalue weighted by atomic mass is 127. The minimum absolute atomic E-state index is 0.0666. The van der Waals surface area contributed by atoms with Gasteiger partial charge < -0.3 is 9.72 Å². The van der Waals surface area contributed by atoms with Crippen LogP contribution < -0.4 is 10.3 Å². The molecular weight excluding hydrogens is 293 g/mol. The van der Waals surface area contributed by atoms with Crippen molar-refractivity contribution in [3.8, 4) is 5.75 Å². The molecule has 0 spiro atoms. The summed E-state index contributed by atoms with van der Waals surface area (Å²) in [6, 6.07) is 5.43. The monoisotopic (exact) mass is 301 g/mol. The maximum Gasteiger partial charge on any atom is 0.255 e. The summed E-state index contributed by atoms with van der Waals surface area (Å²) < 4.78 is 6.11. The van der Waals surface area contributed by atoms with Crippen molar-refractivity contribution in [3.63, 3.8) is 0 Å². The molecule has 0 bridgehead atoms. The Balaban J connectivity index is 2.87. The van der Waals surface area contributed by atoms with E-state index in [9.17, 15) is 4.79 Å². The van der Waals surface area contributed by atoms with Crippen molar-refractivity contribution in [1.82, 2.24) is 4.98 Å². The van der Waals surface area contributed by atoms with E-state index in [-0.39, 0.29) is 5.56 Å². The van der Waals surface area contributed by atoms with Crippen LogP contribution in [0.25, 0.3) is 10.8 Å². The number of benzene rings is 1. The first kappa shape index (κ1) is 9.51. The Morgan fingerprint density at radius 2 is 2.14 bits per heavy atom. The molecule has 1 heterocycles. The van der Waals surface area contributed by atoms with E-state index in [0.717, 1.165) is 14.7 Å². The largest absolute Gasteiger partial charge is 0.497 e. The molecule has 2 aromatic rings. The second kappa shape index (κ2) is 3.61. The Kier molecular flexibility index (Phi) is 2.45. The SMILES string of the molecule is COc1ccc2c(=O)[nH]cc(I)c2c1. The third-order valence-corrected chi connectivity index (χ3v) is 2.95. The fourth-order valence-electron chi connectivity index (χ4n) is 1.33. The number of fused-ring (bicyclic) bond motifs is 1. The van der Waals surface area contributed by atoms with Crippen LogP contribution in [0.5, 0.6) is 5.75 Å². The van der Waals surface area contributed by atoms with Crippen molar-refractivity contribution < 1.29 is 4.74 Å². The highest BCUT2D eigenvalue weighted by Crippen LogP contribution is 2.21. The van der Waals surface area contributed by atoms with Crippen molar-refractivity contribution in [2.24, 2.45) is 0 Å². The van der Waals surface area contributed by atoms with Gasteiger partial charge in [0.1, 0.15) is 5.75 Å². The fraction of sp³-hybridized carbons (Fsp3) is 0.100. The van der Waals surface area contributed by atoms with Crippen LogP contribution in [0.15, 0.2) is 29.2 Å². The normalized spacial score (nSPS) is 10.4. The van der Waals surface area contributed by atoms with Crippen molar-refractivity contribution in [1.29, 1.82) is 0 Å². The zero-order valence-corrected chi connectivity index (χ0v) is 9.66. The number of hydrogen-bond acceptors (Lipinski definition) is 2. The predicted octanol–water partition coefficient (Wildman–Crippen LogP) is 2.14. The topological polar surface area (TPSA) is 42.1 Å². The van der Waals surface area contributed by atoms with Crippen LogP contribution >= 0.6 is 22.6 Å². The van der Waals surface area contributed by atoms with Gasteiger partial charge in [-0.2, -0.15) is 0 Å². The Hall–Kier alpha value is -1.04. The average molecular weight is 301 g/mol. The van der Waals surface area contributed by atoms with Crippen molar-refractivity contribution >= 4 is 33.4 Å². The molecular formula is C10H8INO2. The summed E-state index contributed by atoms with van der Waals surface area (Å²) in [5.74, 6) is 0.765. The second-order valence-corrected chi connectivity index (χ2v) is 4.04. The van der Waals surface area contributed by atoms with Crippen molar-refractivity contribution in [2.75, 3.05) is 7.11 Å². The lowest BCUT2D eigenvalue weighted by Gasteiger charge is -2.02. The minimum atomic E-state index is -0.0666. The van der Waals surface area contributed by atoms with Gasteiger partial charge in [-0.3, -0.25) is 4.79 Å². The molecule has 0 aliphatic rings. The van der Waals surface area contributed by atoms with Crippen molar-refractivity contribution in [3.05, 3.63) is 38.3 Å². The lowest BCUT2D eigenvalue weighted by molar-refractivity contribution is 0.415. The lowest BCUT2D eigenvalue weighted by atomic mass is 10.2. The number of aromatic nitrogens is 1. The van der Waals surface area contributed by atoms with Gasteiger partial charge in [0.2, 0.25) is 0 Å². The summed E-state index contributed by atoms with van der Waals surface area (Å²) in [4.78, 5) is 14.1. The molecule has 0 atom stereocenters. The van der Waals surface area contributed by atoms with Gasteiger partial charge in [-0.25, -0.2) is 0 Å². The van der Waals surface area contributed by atoms with Gasteiger partial charge in [-0.15, -0.1) is 0 Å². The summed E-state index contributed by atoms with van der Waals surface area (Å²) in [6.07, 6.45) is 1.70. The summed E-state index contributed by atoms with van der Waals surface area (Å²) in [5, 5.41) is 1.62. The first-order valence-electron chi connectivity index (χ1n) is 4.07. The van der Waals surface area contributed by atoms with E-state index in [2.05, 4.69) is 27.6 Å². The minimum Gasteiger partial charge on any atom is -0.497 e. The molecule has 0 saturated carbocycles. The molecule has 4 heteroatoms. The molecule has 0 aliphatic carbocycles. The average Bonchev–Trinajstić information content (AvgIpc) is 2.23. The molecule has 0 aliphatic heterocycles. The first-order chi connectivity index (χ1) is 6.72. The molecule has 1 N–H and O–H groups in total. The number of H-pyrrole nitrogens is 1. The lowest BCUT2D eigenvalue weighted by Crippen LogP contribution is -2.05. The molecule has 1 aromatic carbocycles. The van der Waals surface area contributed by atoms with Crippen LogP contribution in [0.4, 0.5) is 0 Å². The molecule has 3 nitrogen and oxygen atoms in total. The van der Waals surface area contributed by atoms with Gasteiger partial charge in [0.15, 0.2) is 0 Å². The Morgan fingerprint density at radius 3 is 2.86 bits per heavy atom. The number of rotatable bonds is 1. The van der Waals surface area contributed by atoms with Crippen LogP contribution in [0.3, 0.4) is 0 Å². The zero-order chi connectivity index (χ0) is 10.1. The molecule has 0 fully saturated rings. The number of hydrogen-bond donors (Lipinski definition) is 1. The third-order valence-electron chi connectivity index (χ3n) is 2.06. The van der Waals surface area contributed by atoms with Crippen molar-refractivity contribution in [2.45, 2.75) is 0 Å². The smallest absolute Gasteiger partial charge is 0.255 e. The summed E-state index contributed by atoms with van der Waals surface area (Å²) in [7, 11) is 1.61. The molecule has 1 aromatic heterocycles. The number of pyridine rings is 1. The second-order valence-electron chi connectivity index (χ2n) is 2.88. The molecule has 2 rings (SSSR count). The quantitative estimate of drug-likeness (QED) is 0.820. The summed E-state index contributed by atoms with van der Waals surface area (Å²) >= 11 is 2.18. The van der Waals surface area contributed by atoms with E-state index in [1.165, 1.54) is 0 Å². The van der Waals surface area contributed by atoms with Crippen LogP contribution in [0.1, 0.15) is 0 Å². The Bertz CT molecular complexity index is 533. The van der Waals surface area contributed by atoms with E-state index < -0.39 is 0 Å². The predicted molar refractivity (Wildman–Crippen MR) is 63.8 cm³/mol. The van der Waals surface area contributed by atoms with E-state index in [4.69, 9.17) is 4.74 Å². The molecule has 0 unspecified atom stereocenters. The van der Waals surface area contributed by atoms with E-state index in [0.29, 0.717) is 5.39 Å². The number of ether oxygens (including phenoxy) is 1. The Labute approximate surface area is 94.2 Å². The van der Waals surface area contributed by atoms with Gasteiger partial charge in [0.05, 0.1) is 7.11 Å². The number of aromatic amines is 1. The van der Waals surface area contributed by atoms with E-state index >= 15 is 0 Å². The maximum atomic E-state index is 11.4. The standard InChI is InChI=1S/C10H8INO2/c1-14-6-2-3-7-8(4-6)9(11)5-12-10(7)13/h2-5H,1H3,(H,12,13). The molecule has 0 radical (unpaired) electrons. The molecule has 72 valence electrons. The molecule has 14 heavy (non-hydrogen) atoms. The number of methoxy groups -OCH3 is 1. The van der Waals surface area contributed by atoms with Crippen LogP contribution in [0, 0.1) is 3.57 Å². The number of halogens is 1. The highest BCUT2D eigenvalue weighted by molar-refractivity contribution is 14.1. The van der Waals surface area contributed by atoms with Crippen LogP contribution in [-0.4, -0.2) is 12.1 Å². The Morgan fingerprint density at radius 1 is 1.36 bits per heavy atom. The zero-order valence-electron chi connectivity index (χ0n) is 7.50. The van der Waals surface area contributed by atoms with Gasteiger partial charge >= 0.3 is 0 Å². The van der Waals surface area contributed by atoms with Crippen LogP contribution in [-0.2, 0) is 0 Å². The summed E-state index contributed by atoms with van der Waals surface area (Å²) in [6.45, 7) is 0. The highest BCUT2D eigenvalue weighted by Gasteiger charge is 2.03. The first-order valence-corrected chi connectivity index (χ1v) is 5.15. The number of nitrogens with one attached hydrogen (secondary N) is 1.